The second-order valence-electron chi connectivity index (χ2n) is 3.90. The van der Waals surface area contributed by atoms with Crippen molar-refractivity contribution in [2.75, 3.05) is 13.2 Å². The van der Waals surface area contributed by atoms with Crippen molar-refractivity contribution in [2.24, 2.45) is 0 Å². The summed E-state index contributed by atoms with van der Waals surface area (Å²) in [5.74, 6) is 0. The minimum absolute atomic E-state index is 0.106. The molecule has 0 bridgehead atoms. The predicted octanol–water partition coefficient (Wildman–Crippen LogP) is 2.48. The SMILES string of the molecule is CCCCNC(C)O[Si](C)(C)OCC. The predicted molar refractivity (Wildman–Crippen MR) is 62.6 cm³/mol. The van der Waals surface area contributed by atoms with Crippen LogP contribution in [0.15, 0.2) is 0 Å². The number of hydrogen-bond acceptors (Lipinski definition) is 3. The molecule has 1 N–H and O–H groups in total. The Balaban J connectivity index is 3.63. The van der Waals surface area contributed by atoms with Gasteiger partial charge in [0.05, 0.1) is 6.23 Å². The van der Waals surface area contributed by atoms with Crippen LogP contribution in [0.5, 0.6) is 0 Å². The lowest BCUT2D eigenvalue weighted by Crippen LogP contribution is -2.43. The second-order valence-corrected chi connectivity index (χ2v) is 7.22. The van der Waals surface area contributed by atoms with Crippen LogP contribution in [-0.4, -0.2) is 27.9 Å². The third-order valence-corrected chi connectivity index (χ3v) is 3.82. The molecule has 0 heterocycles. The minimum atomic E-state index is -1.89. The second kappa shape index (κ2) is 7.40. The molecule has 14 heavy (non-hydrogen) atoms. The normalized spacial score (nSPS) is 14.4. The largest absolute Gasteiger partial charge is 0.395 e. The zero-order chi connectivity index (χ0) is 11.0. The van der Waals surface area contributed by atoms with Gasteiger partial charge in [-0.1, -0.05) is 13.3 Å². The van der Waals surface area contributed by atoms with Gasteiger partial charge in [-0.3, -0.25) is 5.32 Å². The maximum atomic E-state index is 5.83. The quantitative estimate of drug-likeness (QED) is 0.386. The van der Waals surface area contributed by atoms with E-state index in [9.17, 15) is 0 Å². The molecule has 0 aliphatic carbocycles. The van der Waals surface area contributed by atoms with Gasteiger partial charge in [0.1, 0.15) is 0 Å². The first-order valence-corrected chi connectivity index (χ1v) is 8.38. The summed E-state index contributed by atoms with van der Waals surface area (Å²) >= 11 is 0. The maximum absolute atomic E-state index is 5.83. The standard InChI is InChI=1S/C10H25NO2Si/c1-6-8-9-11-10(3)13-14(4,5)12-7-2/h10-11H,6-9H2,1-5H3. The van der Waals surface area contributed by atoms with E-state index >= 15 is 0 Å². The highest BCUT2D eigenvalue weighted by atomic mass is 28.4. The topological polar surface area (TPSA) is 30.5 Å². The van der Waals surface area contributed by atoms with E-state index in [0.29, 0.717) is 0 Å². The number of unbranched alkanes of at least 4 members (excludes halogenated alkanes) is 1. The lowest BCUT2D eigenvalue weighted by atomic mass is 10.3. The molecular formula is C10H25NO2Si. The van der Waals surface area contributed by atoms with E-state index in [2.05, 4.69) is 25.3 Å². The molecule has 1 unspecified atom stereocenters. The molecule has 86 valence electrons. The summed E-state index contributed by atoms with van der Waals surface area (Å²) in [6.45, 7) is 12.2. The van der Waals surface area contributed by atoms with Gasteiger partial charge in [-0.25, -0.2) is 0 Å². The van der Waals surface area contributed by atoms with Crippen LogP contribution in [0.2, 0.25) is 13.1 Å². The van der Waals surface area contributed by atoms with E-state index in [0.717, 1.165) is 13.2 Å². The van der Waals surface area contributed by atoms with Gasteiger partial charge in [0.15, 0.2) is 0 Å². The fourth-order valence-electron chi connectivity index (χ4n) is 1.33. The van der Waals surface area contributed by atoms with Crippen molar-refractivity contribution in [1.82, 2.24) is 5.32 Å². The van der Waals surface area contributed by atoms with Gasteiger partial charge >= 0.3 is 8.56 Å². The highest BCUT2D eigenvalue weighted by molar-refractivity contribution is 6.64. The van der Waals surface area contributed by atoms with Crippen molar-refractivity contribution in [3.8, 4) is 0 Å². The van der Waals surface area contributed by atoms with E-state index in [1.54, 1.807) is 0 Å². The van der Waals surface area contributed by atoms with Gasteiger partial charge in [0.25, 0.3) is 0 Å². The molecule has 0 saturated carbocycles. The zero-order valence-electron chi connectivity index (χ0n) is 10.2. The first-order valence-electron chi connectivity index (χ1n) is 5.57. The Morgan fingerprint density at radius 3 is 2.43 bits per heavy atom. The molecule has 0 rings (SSSR count). The Kier molecular flexibility index (Phi) is 7.45. The van der Waals surface area contributed by atoms with E-state index in [1.807, 2.05) is 13.8 Å². The van der Waals surface area contributed by atoms with E-state index in [4.69, 9.17) is 8.85 Å². The number of nitrogens with one attached hydrogen (secondary N) is 1. The van der Waals surface area contributed by atoms with Crippen LogP contribution >= 0.6 is 0 Å². The van der Waals surface area contributed by atoms with Crippen LogP contribution in [0, 0.1) is 0 Å². The van der Waals surface area contributed by atoms with Crippen LogP contribution < -0.4 is 5.32 Å². The highest BCUT2D eigenvalue weighted by Crippen LogP contribution is 2.08. The molecule has 0 saturated heterocycles. The average molecular weight is 219 g/mol. The summed E-state index contributed by atoms with van der Waals surface area (Å²) < 4.78 is 11.4. The summed E-state index contributed by atoms with van der Waals surface area (Å²) in [7, 11) is -1.89. The molecule has 0 aliphatic rings. The van der Waals surface area contributed by atoms with Crippen molar-refractivity contribution in [3.63, 3.8) is 0 Å². The average Bonchev–Trinajstić information content (AvgIpc) is 2.03. The molecule has 0 fully saturated rings. The van der Waals surface area contributed by atoms with Gasteiger partial charge in [0, 0.05) is 6.61 Å². The molecule has 0 aliphatic heterocycles. The highest BCUT2D eigenvalue weighted by Gasteiger charge is 2.26. The summed E-state index contributed by atoms with van der Waals surface area (Å²) in [5.41, 5.74) is 0. The first kappa shape index (κ1) is 14.1. The van der Waals surface area contributed by atoms with Crippen LogP contribution in [-0.2, 0) is 8.85 Å². The van der Waals surface area contributed by atoms with Crippen molar-refractivity contribution in [3.05, 3.63) is 0 Å². The third kappa shape index (κ3) is 7.50. The molecule has 0 aromatic carbocycles. The van der Waals surface area contributed by atoms with E-state index in [1.165, 1.54) is 12.8 Å². The molecule has 0 aromatic rings. The van der Waals surface area contributed by atoms with Crippen molar-refractivity contribution >= 4 is 8.56 Å². The molecule has 0 amide bonds. The van der Waals surface area contributed by atoms with Crippen molar-refractivity contribution in [2.45, 2.75) is 52.9 Å². The van der Waals surface area contributed by atoms with E-state index in [-0.39, 0.29) is 6.23 Å². The van der Waals surface area contributed by atoms with Crippen molar-refractivity contribution in [1.29, 1.82) is 0 Å². The Labute approximate surface area is 89.4 Å². The molecule has 0 spiro atoms. The zero-order valence-corrected chi connectivity index (χ0v) is 11.2. The Morgan fingerprint density at radius 2 is 1.93 bits per heavy atom. The van der Waals surface area contributed by atoms with Crippen LogP contribution in [0.4, 0.5) is 0 Å². The first-order chi connectivity index (χ1) is 6.52. The molecule has 4 heteroatoms. The lowest BCUT2D eigenvalue weighted by Gasteiger charge is -2.26. The van der Waals surface area contributed by atoms with Gasteiger partial charge in [-0.15, -0.1) is 0 Å². The molecule has 0 aromatic heterocycles. The molecule has 0 radical (unpaired) electrons. The number of rotatable bonds is 8. The van der Waals surface area contributed by atoms with Gasteiger partial charge in [-0.2, -0.15) is 0 Å². The Morgan fingerprint density at radius 1 is 1.29 bits per heavy atom. The fourth-order valence-corrected chi connectivity index (χ4v) is 3.03. The van der Waals surface area contributed by atoms with Gasteiger partial charge in [0.2, 0.25) is 0 Å². The maximum Gasteiger partial charge on any atom is 0.332 e. The van der Waals surface area contributed by atoms with Gasteiger partial charge in [-0.05, 0) is 39.9 Å². The van der Waals surface area contributed by atoms with E-state index < -0.39 is 8.56 Å². The third-order valence-electron chi connectivity index (χ3n) is 1.91. The summed E-state index contributed by atoms with van der Waals surface area (Å²) in [6.07, 6.45) is 2.52. The Hall–Kier alpha value is 0.0969. The fraction of sp³-hybridized carbons (Fsp3) is 1.00. The smallest absolute Gasteiger partial charge is 0.332 e. The molecular weight excluding hydrogens is 194 g/mol. The lowest BCUT2D eigenvalue weighted by molar-refractivity contribution is 0.113. The summed E-state index contributed by atoms with van der Waals surface area (Å²) in [5, 5.41) is 3.33. The molecule has 1 atom stereocenters. The van der Waals surface area contributed by atoms with Gasteiger partial charge < -0.3 is 8.85 Å². The monoisotopic (exact) mass is 219 g/mol. The summed E-state index contributed by atoms with van der Waals surface area (Å²) in [6, 6.07) is 0. The van der Waals surface area contributed by atoms with Crippen LogP contribution in [0.3, 0.4) is 0 Å². The minimum Gasteiger partial charge on any atom is -0.395 e. The molecule has 3 nitrogen and oxygen atoms in total. The van der Waals surface area contributed by atoms with Crippen LogP contribution in [0.1, 0.15) is 33.6 Å². The van der Waals surface area contributed by atoms with Crippen LogP contribution in [0.25, 0.3) is 0 Å². The summed E-state index contributed by atoms with van der Waals surface area (Å²) in [4.78, 5) is 0. The van der Waals surface area contributed by atoms with Crippen molar-refractivity contribution < 1.29 is 8.85 Å². The number of hydrogen-bond donors (Lipinski definition) is 1. The Bertz CT molecular complexity index is 142.